The van der Waals surface area contributed by atoms with E-state index in [1.807, 2.05) is 12.1 Å². The van der Waals surface area contributed by atoms with Gasteiger partial charge in [-0.25, -0.2) is 4.98 Å². The van der Waals surface area contributed by atoms with Gasteiger partial charge in [0.05, 0.1) is 5.39 Å². The number of hydrogen-bond donors (Lipinski definition) is 1. The Morgan fingerprint density at radius 2 is 1.85 bits per heavy atom. The molecular weight excluding hydrogens is 416 g/mol. The van der Waals surface area contributed by atoms with Gasteiger partial charge in [-0.2, -0.15) is 0 Å². The number of H-pyrrole nitrogens is 1. The molecule has 0 radical (unpaired) electrons. The van der Waals surface area contributed by atoms with E-state index in [1.165, 1.54) is 29.7 Å². The lowest BCUT2D eigenvalue weighted by atomic mass is 9.98. The van der Waals surface area contributed by atoms with Crippen LogP contribution in [0.5, 0.6) is 11.5 Å². The number of halogens is 1. The van der Waals surface area contributed by atoms with E-state index in [0.29, 0.717) is 17.3 Å². The van der Waals surface area contributed by atoms with Gasteiger partial charge in [0.25, 0.3) is 5.56 Å². The molecule has 2 aromatic heterocycles. The second kappa shape index (κ2) is 6.39. The van der Waals surface area contributed by atoms with Gasteiger partial charge in [-0.15, -0.1) is 11.3 Å². The van der Waals surface area contributed by atoms with Crippen LogP contribution >= 0.6 is 27.3 Å². The average molecular weight is 433 g/mol. The van der Waals surface area contributed by atoms with Crippen LogP contribution in [0.25, 0.3) is 21.6 Å². The monoisotopic (exact) mass is 432 g/mol. The largest absolute Gasteiger partial charge is 0.454 e. The van der Waals surface area contributed by atoms with Crippen molar-refractivity contribution in [2.45, 2.75) is 38.5 Å². The fourth-order valence-corrected chi connectivity index (χ4v) is 5.52. The topological polar surface area (TPSA) is 64.2 Å². The van der Waals surface area contributed by atoms with Gasteiger partial charge in [-0.1, -0.05) is 12.8 Å². The summed E-state index contributed by atoms with van der Waals surface area (Å²) < 4.78 is 11.7. The number of aromatic amines is 1. The smallest absolute Gasteiger partial charge is 0.260 e. The molecule has 5 nitrogen and oxygen atoms in total. The Morgan fingerprint density at radius 1 is 1.08 bits per heavy atom. The molecule has 0 fully saturated rings. The Labute approximate surface area is 162 Å². The molecule has 5 rings (SSSR count). The molecule has 3 heterocycles. The number of aryl methyl sites for hydroxylation is 2. The summed E-state index contributed by atoms with van der Waals surface area (Å²) in [4.78, 5) is 22.8. The Kier molecular flexibility index (Phi) is 4.01. The zero-order chi connectivity index (χ0) is 17.7. The maximum Gasteiger partial charge on any atom is 0.260 e. The molecule has 0 atom stereocenters. The lowest BCUT2D eigenvalue weighted by molar-refractivity contribution is 0.174. The summed E-state index contributed by atoms with van der Waals surface area (Å²) in [5.74, 6) is 1.93. The highest BCUT2D eigenvalue weighted by atomic mass is 79.9. The summed E-state index contributed by atoms with van der Waals surface area (Å²) in [7, 11) is 0. The first kappa shape index (κ1) is 16.3. The Balaban J connectivity index is 1.68. The van der Waals surface area contributed by atoms with Crippen LogP contribution in [-0.2, 0) is 12.8 Å². The quantitative estimate of drug-likeness (QED) is 0.599. The van der Waals surface area contributed by atoms with Crippen LogP contribution in [0, 0.1) is 0 Å². The van der Waals surface area contributed by atoms with E-state index in [-0.39, 0.29) is 12.4 Å². The first-order valence-electron chi connectivity index (χ1n) is 8.85. The van der Waals surface area contributed by atoms with Crippen molar-refractivity contribution in [3.63, 3.8) is 0 Å². The second-order valence-electron chi connectivity index (χ2n) is 6.70. The molecule has 0 unspecified atom stereocenters. The van der Waals surface area contributed by atoms with Gasteiger partial charge in [0, 0.05) is 14.9 Å². The molecule has 26 heavy (non-hydrogen) atoms. The minimum absolute atomic E-state index is 0.0485. The van der Waals surface area contributed by atoms with E-state index < -0.39 is 0 Å². The van der Waals surface area contributed by atoms with E-state index in [1.54, 1.807) is 11.3 Å². The maximum atomic E-state index is 12.9. The van der Waals surface area contributed by atoms with Crippen LogP contribution in [0.3, 0.4) is 0 Å². The molecule has 1 N–H and O–H groups in total. The van der Waals surface area contributed by atoms with Crippen molar-refractivity contribution in [1.29, 1.82) is 0 Å². The van der Waals surface area contributed by atoms with Gasteiger partial charge in [-0.3, -0.25) is 4.79 Å². The fraction of sp³-hybridized carbons (Fsp3) is 0.368. The van der Waals surface area contributed by atoms with Crippen molar-refractivity contribution in [2.24, 2.45) is 0 Å². The summed E-state index contributed by atoms with van der Waals surface area (Å²) in [5.41, 5.74) is 1.97. The zero-order valence-electron chi connectivity index (χ0n) is 14.1. The Bertz CT molecular complexity index is 1070. The average Bonchev–Trinajstić information content (AvgIpc) is 3.18. The molecular formula is C19H17BrN2O3S. The predicted octanol–water partition coefficient (Wildman–Crippen LogP) is 4.80. The number of rotatable bonds is 1. The standard InChI is InChI=1S/C19H17BrN2O3S/c20-12-8-14-13(24-9-25-14)7-11(12)17-21-18(23)16-10-5-3-1-2-4-6-15(10)26-19(16)22-17/h7-8H,1-6,9H2,(H,21,22,23). The predicted molar refractivity (Wildman–Crippen MR) is 105 cm³/mol. The minimum atomic E-state index is -0.0485. The molecule has 0 spiro atoms. The summed E-state index contributed by atoms with van der Waals surface area (Å²) in [6.45, 7) is 0.214. The lowest BCUT2D eigenvalue weighted by Gasteiger charge is -2.09. The molecule has 134 valence electrons. The zero-order valence-corrected chi connectivity index (χ0v) is 16.5. The van der Waals surface area contributed by atoms with Gasteiger partial charge in [-0.05, 0) is 59.3 Å². The summed E-state index contributed by atoms with van der Waals surface area (Å²) in [6.07, 6.45) is 6.88. The normalized spacial score (nSPS) is 16.3. The van der Waals surface area contributed by atoms with Crippen LogP contribution in [0.2, 0.25) is 0 Å². The highest BCUT2D eigenvalue weighted by Crippen LogP contribution is 2.41. The van der Waals surface area contributed by atoms with E-state index in [2.05, 4.69) is 20.9 Å². The maximum absolute atomic E-state index is 12.9. The fourth-order valence-electron chi connectivity index (χ4n) is 3.74. The van der Waals surface area contributed by atoms with Crippen LogP contribution in [0.4, 0.5) is 0 Å². The van der Waals surface area contributed by atoms with Crippen LogP contribution < -0.4 is 15.0 Å². The van der Waals surface area contributed by atoms with Gasteiger partial charge < -0.3 is 14.5 Å². The lowest BCUT2D eigenvalue weighted by Crippen LogP contribution is -2.10. The number of thiophene rings is 1. The van der Waals surface area contributed by atoms with Gasteiger partial charge in [0.15, 0.2) is 11.5 Å². The van der Waals surface area contributed by atoms with Gasteiger partial charge >= 0.3 is 0 Å². The summed E-state index contributed by atoms with van der Waals surface area (Å²) >= 11 is 5.23. The highest BCUT2D eigenvalue weighted by molar-refractivity contribution is 9.10. The SMILES string of the molecule is O=c1[nH]c(-c2cc3c(cc2Br)OCO3)nc2sc3c(c12)CCCCCC3. The van der Waals surface area contributed by atoms with E-state index in [0.717, 1.165) is 39.5 Å². The van der Waals surface area contributed by atoms with Crippen molar-refractivity contribution < 1.29 is 9.47 Å². The number of nitrogens with zero attached hydrogens (tertiary/aromatic N) is 1. The third-order valence-electron chi connectivity index (χ3n) is 5.04. The van der Waals surface area contributed by atoms with E-state index in [9.17, 15) is 4.79 Å². The Hall–Kier alpha value is -1.86. The van der Waals surface area contributed by atoms with Crippen LogP contribution in [-0.4, -0.2) is 16.8 Å². The minimum Gasteiger partial charge on any atom is -0.454 e. The van der Waals surface area contributed by atoms with E-state index in [4.69, 9.17) is 14.5 Å². The van der Waals surface area contributed by atoms with Gasteiger partial charge in [0.2, 0.25) is 6.79 Å². The summed E-state index contributed by atoms with van der Waals surface area (Å²) in [6, 6.07) is 3.72. The van der Waals surface area contributed by atoms with Crippen LogP contribution in [0.15, 0.2) is 21.4 Å². The van der Waals surface area contributed by atoms with Crippen LogP contribution in [0.1, 0.15) is 36.1 Å². The molecule has 1 aliphatic carbocycles. The van der Waals surface area contributed by atoms with Crippen molar-refractivity contribution in [3.8, 4) is 22.9 Å². The number of ether oxygens (including phenoxy) is 2. The first-order valence-corrected chi connectivity index (χ1v) is 10.5. The van der Waals surface area contributed by atoms with Crippen molar-refractivity contribution in [2.75, 3.05) is 6.79 Å². The molecule has 7 heteroatoms. The molecule has 1 aromatic carbocycles. The number of fused-ring (bicyclic) bond motifs is 4. The van der Waals surface area contributed by atoms with Crippen molar-refractivity contribution in [1.82, 2.24) is 9.97 Å². The molecule has 2 aliphatic rings. The first-order chi connectivity index (χ1) is 12.7. The molecule has 0 saturated carbocycles. The third-order valence-corrected chi connectivity index (χ3v) is 6.88. The number of benzene rings is 1. The Morgan fingerprint density at radius 3 is 2.69 bits per heavy atom. The molecule has 3 aromatic rings. The summed E-state index contributed by atoms with van der Waals surface area (Å²) in [5, 5.41) is 0.785. The number of hydrogen-bond acceptors (Lipinski definition) is 5. The molecule has 0 amide bonds. The van der Waals surface area contributed by atoms with Gasteiger partial charge in [0.1, 0.15) is 10.7 Å². The van der Waals surface area contributed by atoms with E-state index >= 15 is 0 Å². The van der Waals surface area contributed by atoms with Crippen molar-refractivity contribution in [3.05, 3.63) is 37.4 Å². The highest BCUT2D eigenvalue weighted by Gasteiger charge is 2.21. The molecule has 0 bridgehead atoms. The molecule has 0 saturated heterocycles. The number of aromatic nitrogens is 2. The van der Waals surface area contributed by atoms with Crippen molar-refractivity contribution >= 4 is 37.5 Å². The third kappa shape index (κ3) is 2.65. The molecule has 1 aliphatic heterocycles. The number of nitrogens with one attached hydrogen (secondary N) is 1. The second-order valence-corrected chi connectivity index (χ2v) is 8.64.